The summed E-state index contributed by atoms with van der Waals surface area (Å²) in [7, 11) is 0. The fraction of sp³-hybridized carbons (Fsp3) is 0.821. The third kappa shape index (κ3) is 13.8. The summed E-state index contributed by atoms with van der Waals surface area (Å²) in [5.41, 5.74) is 11.2. The zero-order chi connectivity index (χ0) is 89.7. The van der Waals surface area contributed by atoms with Crippen molar-refractivity contribution in [2.45, 2.75) is 387 Å². The molecule has 16 fully saturated rings. The summed E-state index contributed by atoms with van der Waals surface area (Å²) in [4.78, 5) is 20.3. The zero-order valence-electron chi connectivity index (χ0n) is 80.1. The number of hydrogen-bond acceptors (Lipinski definition) is 14. The first-order valence-corrected chi connectivity index (χ1v) is 53.2. The first-order chi connectivity index (χ1) is 60.9. The maximum atomic E-state index is 13.0. The van der Waals surface area contributed by atoms with Crippen LogP contribution in [0.15, 0.2) is 24.3 Å². The Kier molecular flexibility index (Phi) is 23.3. The lowest BCUT2D eigenvalue weighted by atomic mass is 9.43. The van der Waals surface area contributed by atoms with Crippen molar-refractivity contribution in [3.63, 3.8) is 0 Å². The molecule has 16 nitrogen and oxygen atoms in total. The minimum Gasteiger partial charge on any atom is -0.393 e. The molecular formula is C112H166N4O12. The van der Waals surface area contributed by atoms with Gasteiger partial charge in [0.2, 0.25) is 0 Å². The predicted molar refractivity (Wildman–Crippen MR) is 505 cm³/mol. The number of aryl methyl sites for hydroxylation is 3. The van der Waals surface area contributed by atoms with E-state index >= 15 is 0 Å². The average Bonchev–Trinajstić information content (AvgIpc) is 1.47. The van der Waals surface area contributed by atoms with Gasteiger partial charge < -0.3 is 71.2 Å². The summed E-state index contributed by atoms with van der Waals surface area (Å²) in [6.07, 6.45) is 34.4. The van der Waals surface area contributed by atoms with Crippen molar-refractivity contribution in [1.82, 2.24) is 19.9 Å². The number of hydrogen-bond donors (Lipinski definition) is 14. The van der Waals surface area contributed by atoms with Crippen molar-refractivity contribution in [3.05, 3.63) is 69.3 Å². The number of H-pyrrole nitrogens is 2. The molecule has 0 aromatic carbocycles. The molecule has 0 radical (unpaired) electrons. The summed E-state index contributed by atoms with van der Waals surface area (Å²) < 4.78 is 0. The van der Waals surface area contributed by atoms with Gasteiger partial charge in [0.05, 0.1) is 96.0 Å². The number of aliphatic hydroxyl groups excluding tert-OH is 12. The van der Waals surface area contributed by atoms with Gasteiger partial charge in [0.1, 0.15) is 0 Å². The third-order valence-electron chi connectivity index (χ3n) is 46.7. The molecule has 44 atom stereocenters. The third-order valence-corrected chi connectivity index (χ3v) is 46.7. The van der Waals surface area contributed by atoms with E-state index < -0.39 is 48.8 Å². The number of nitrogens with one attached hydrogen (secondary N) is 2. The van der Waals surface area contributed by atoms with Crippen LogP contribution in [0.5, 0.6) is 0 Å². The van der Waals surface area contributed by atoms with Crippen molar-refractivity contribution >= 4 is 46.4 Å². The van der Waals surface area contributed by atoms with Gasteiger partial charge >= 0.3 is 0 Å². The highest BCUT2D eigenvalue weighted by atomic mass is 16.3. The van der Waals surface area contributed by atoms with Crippen LogP contribution in [-0.4, -0.2) is 154 Å². The van der Waals surface area contributed by atoms with E-state index in [1.54, 1.807) is 0 Å². The van der Waals surface area contributed by atoms with Gasteiger partial charge in [-0.25, -0.2) is 9.97 Å². The quantitative estimate of drug-likeness (QED) is 0.0437. The van der Waals surface area contributed by atoms with Crippen LogP contribution < -0.4 is 0 Å². The maximum absolute atomic E-state index is 13.0. The Labute approximate surface area is 765 Å². The molecule has 8 bridgehead atoms. The number of nitrogens with zero attached hydrogens (tertiary/aromatic N) is 2. The van der Waals surface area contributed by atoms with Crippen LogP contribution in [-0.2, 0) is 25.7 Å². The van der Waals surface area contributed by atoms with Crippen molar-refractivity contribution in [3.8, 4) is 0 Å². The number of aliphatic hydroxyl groups is 12. The smallest absolute Gasteiger partial charge is 0.0691 e. The Morgan fingerprint density at radius 1 is 0.281 bits per heavy atom. The van der Waals surface area contributed by atoms with Crippen LogP contribution in [0.4, 0.5) is 0 Å². The van der Waals surface area contributed by atoms with Gasteiger partial charge in [0, 0.05) is 38.8 Å². The Balaban J connectivity index is 0.650. The lowest BCUT2D eigenvalue weighted by molar-refractivity contribution is -0.207. The van der Waals surface area contributed by atoms with E-state index in [-0.39, 0.29) is 210 Å². The summed E-state index contributed by atoms with van der Waals surface area (Å²) in [5.74, 6) is 5.25. The second kappa shape index (κ2) is 32.9. The molecule has 16 aliphatic carbocycles. The molecule has 3 aromatic heterocycles. The highest BCUT2D eigenvalue weighted by Gasteiger charge is 2.72. The molecule has 2 aliphatic heterocycles. The van der Waals surface area contributed by atoms with Crippen molar-refractivity contribution in [1.29, 1.82) is 0 Å². The largest absolute Gasteiger partial charge is 0.393 e. The Hall–Kier alpha value is -3.88. The summed E-state index contributed by atoms with van der Waals surface area (Å²) in [6, 6.07) is 9.30. The van der Waals surface area contributed by atoms with Crippen LogP contribution in [0.1, 0.15) is 334 Å². The lowest BCUT2D eigenvalue weighted by Gasteiger charge is -2.63. The zero-order valence-corrected chi connectivity index (χ0v) is 80.1. The Bertz CT molecular complexity index is 4690. The van der Waals surface area contributed by atoms with Gasteiger partial charge in [-0.15, -0.1) is 0 Å². The van der Waals surface area contributed by atoms with Gasteiger partial charge in [-0.3, -0.25) is 0 Å². The molecule has 18 aliphatic rings. The molecule has 16 saturated carbocycles. The molecule has 706 valence electrons. The standard InChI is InChI=1S/C112H166N4O12/c1-57(73-21-25-77-101-81(53-97(125)109(73,77)9)105(5)41-37-65(117)45-61(105)49-93(101)121)13-17-69-85-29-31-87(113-85)70(18-14-58(2)74-22-26-78-102-82(54-98(126)110(74,78)10)106(6)42-38-66(118)46-62(106)50-94(102)122)89-33-35-91(115-89)72(20-16-60(4)76-24-28-80-104-84(56-100(128)112(76,80)12)108(8)44-40-68(120)48-64(108)52-96(104)124)92-36-34-90(116-92)71(88-32-30-86(69)114-88)19-15-59(3)75-23-27-79-103-83(55-99(127)111(75,79)11)107(7)43-39-67(119)47-63(107)51-95(103)123/h29-36,57-68,73-84,93-104,113-114,117-128H,13-28,37-56H2,1-12H3/t57-,58-,59-,60-,61+,62+,63+,64+,65-,66-,67-,68-,73-,74-,75-,76-,77+,78+,79+,80+,81+,82+,83+,84+,93-,94-,95-,96-,97+,98+,99+,100+,101+,102+,103+,104+,105+,106+,107+,108+,109-,110-,111-,112-/m1/s1. The average molecular weight is 1760 g/mol. The summed E-state index contributed by atoms with van der Waals surface area (Å²) >= 11 is 0. The molecule has 5 heterocycles. The first-order valence-electron chi connectivity index (χ1n) is 53.2. The summed E-state index contributed by atoms with van der Waals surface area (Å²) in [5, 5.41) is 145. The first kappa shape index (κ1) is 90.6. The Morgan fingerprint density at radius 2 is 0.508 bits per heavy atom. The number of fused-ring (bicyclic) bond motifs is 28. The topological polar surface area (TPSA) is 300 Å². The van der Waals surface area contributed by atoms with E-state index in [1.165, 1.54) is 16.7 Å². The highest BCUT2D eigenvalue weighted by Crippen LogP contribution is 2.75. The molecule has 0 spiro atoms. The monoisotopic (exact) mass is 1760 g/mol. The van der Waals surface area contributed by atoms with E-state index in [4.69, 9.17) is 9.97 Å². The van der Waals surface area contributed by atoms with Gasteiger partial charge in [-0.1, -0.05) is 83.1 Å². The molecule has 3 aromatic rings. The summed E-state index contributed by atoms with van der Waals surface area (Å²) in [6.45, 7) is 29.1. The molecule has 0 saturated heterocycles. The molecule has 0 unspecified atom stereocenters. The van der Waals surface area contributed by atoms with Gasteiger partial charge in [0.15, 0.2) is 0 Å². The number of aromatic amines is 2. The van der Waals surface area contributed by atoms with E-state index in [0.717, 1.165) is 256 Å². The van der Waals surface area contributed by atoms with Gasteiger partial charge in [0.25, 0.3) is 0 Å². The van der Waals surface area contributed by atoms with Crippen LogP contribution >= 0.6 is 0 Å². The second-order valence-electron chi connectivity index (χ2n) is 51.1. The van der Waals surface area contributed by atoms with Crippen molar-refractivity contribution in [2.24, 2.45) is 185 Å². The highest BCUT2D eigenvalue weighted by molar-refractivity contribution is 5.83. The van der Waals surface area contributed by atoms with Crippen LogP contribution in [0.2, 0.25) is 0 Å². The minimum atomic E-state index is -0.493. The normalized spacial score (nSPS) is 49.9. The molecule has 21 rings (SSSR count). The Morgan fingerprint density at radius 3 is 0.766 bits per heavy atom. The lowest BCUT2D eigenvalue weighted by Crippen LogP contribution is -2.62. The molecule has 128 heavy (non-hydrogen) atoms. The second-order valence-corrected chi connectivity index (χ2v) is 51.1. The van der Waals surface area contributed by atoms with E-state index in [1.807, 2.05) is 0 Å². The number of aromatic nitrogens is 4. The maximum Gasteiger partial charge on any atom is 0.0691 e. The molecular weight excluding hydrogens is 1590 g/mol. The van der Waals surface area contributed by atoms with Crippen LogP contribution in [0.3, 0.4) is 0 Å². The van der Waals surface area contributed by atoms with E-state index in [0.29, 0.717) is 25.7 Å². The van der Waals surface area contributed by atoms with E-state index in [9.17, 15) is 61.3 Å². The fourth-order valence-corrected chi connectivity index (χ4v) is 39.3. The number of rotatable bonds is 16. The minimum absolute atomic E-state index is 0.00924. The molecule has 16 heteroatoms. The van der Waals surface area contributed by atoms with Crippen LogP contribution in [0.25, 0.3) is 46.4 Å². The molecule has 0 amide bonds. The van der Waals surface area contributed by atoms with Gasteiger partial charge in [-0.2, -0.15) is 0 Å². The predicted octanol–water partition coefficient (Wildman–Crippen LogP) is 18.8. The van der Waals surface area contributed by atoms with Crippen molar-refractivity contribution in [2.75, 3.05) is 0 Å². The van der Waals surface area contributed by atoms with Crippen LogP contribution in [0, 0.1) is 185 Å². The van der Waals surface area contributed by atoms with Gasteiger partial charge in [-0.05, 0) is 471 Å². The van der Waals surface area contributed by atoms with E-state index in [2.05, 4.69) is 142 Å². The van der Waals surface area contributed by atoms with Crippen molar-refractivity contribution < 1.29 is 61.3 Å². The fourth-order valence-electron chi connectivity index (χ4n) is 39.3. The SMILES string of the molecule is C[C@H](CCc1c2nc(c(CC[C@@H](C)[C@H]3CC[C@H]4[C@@H]5[C@H](O)C[C@@H]6C[C@H](O)CC[C@]6(C)[C@H]5C[C@H](O)[C@]34C)c3ccc([nH]3)c(CC[C@@H](C)[C@H]3CC[C@H]4[C@@H]5[C@H](O)C[C@@H]6C[C@H](O)CC[C@]6(C)[C@H]5C[C@H](O)[C@]34C)c3ccc([nH]3)c(CC[C@@H](C)[C@H]3CC[C@H]4[C@@H]5[C@H](O)C[C@@H]6C[C@H](O)CC[C@]6(C)[C@H]5C[C@H](O)[C@]34C)c3nc1C=C3)C=C2)[C@H]1CC[C@H]2[C@@H]3[C@H](O)C[C@@H]4C[C@H](O)CC[C@]4(C)[C@H]3C[C@H](O)[C@]12C. The molecule has 14 N–H and O–H groups in total.